The Morgan fingerprint density at radius 2 is 2.08 bits per heavy atom. The lowest BCUT2D eigenvalue weighted by atomic mass is 10.0. The van der Waals surface area contributed by atoms with Crippen LogP contribution in [0.1, 0.15) is 24.8 Å². The van der Waals surface area contributed by atoms with Gasteiger partial charge in [-0.25, -0.2) is 0 Å². The fourth-order valence-electron chi connectivity index (χ4n) is 3.99. The van der Waals surface area contributed by atoms with E-state index >= 15 is 0 Å². The van der Waals surface area contributed by atoms with Crippen molar-refractivity contribution >= 4 is 11.6 Å². The monoisotopic (exact) mass is 324 g/mol. The van der Waals surface area contributed by atoms with Gasteiger partial charge in [0.15, 0.2) is 0 Å². The van der Waals surface area contributed by atoms with E-state index in [0.29, 0.717) is 12.6 Å². The molecule has 5 nitrogen and oxygen atoms in total. The highest BCUT2D eigenvalue weighted by Gasteiger charge is 2.30. The number of rotatable bonds is 4. The minimum Gasteiger partial charge on any atom is -0.311 e. The van der Waals surface area contributed by atoms with E-state index in [1.807, 2.05) is 34.1 Å². The van der Waals surface area contributed by atoms with Gasteiger partial charge in [-0.2, -0.15) is 5.10 Å². The van der Waals surface area contributed by atoms with Crippen molar-refractivity contribution in [3.63, 3.8) is 0 Å². The third kappa shape index (κ3) is 3.08. The van der Waals surface area contributed by atoms with Crippen LogP contribution in [-0.4, -0.2) is 46.3 Å². The average molecular weight is 324 g/mol. The number of benzene rings is 1. The molecule has 0 spiro atoms. The summed E-state index contributed by atoms with van der Waals surface area (Å²) in [6, 6.07) is 10.7. The largest absolute Gasteiger partial charge is 0.311 e. The standard InChI is InChI=1S/C19H24N4O/c24-19(23-13-3-7-16-6-1-2-9-18(16)23)15-21-11-4-8-17(21)14-22-12-5-10-20-22/h1-2,5-6,9-10,12,17H,3-4,7-8,11,13-15H2/t17-/m0/s1. The molecule has 0 aliphatic carbocycles. The molecule has 1 amide bonds. The molecule has 1 atom stereocenters. The van der Waals surface area contributed by atoms with E-state index in [2.05, 4.69) is 28.2 Å². The van der Waals surface area contributed by atoms with Gasteiger partial charge in [0.05, 0.1) is 13.1 Å². The zero-order valence-corrected chi connectivity index (χ0v) is 14.0. The molecular weight excluding hydrogens is 300 g/mol. The van der Waals surface area contributed by atoms with E-state index in [0.717, 1.165) is 51.0 Å². The Balaban J connectivity index is 1.44. The Kier molecular flexibility index (Phi) is 4.34. The second-order valence-electron chi connectivity index (χ2n) is 6.77. The van der Waals surface area contributed by atoms with Gasteiger partial charge in [-0.3, -0.25) is 14.4 Å². The number of nitrogens with zero attached hydrogens (tertiary/aromatic N) is 4. The predicted octanol–water partition coefficient (Wildman–Crippen LogP) is 2.33. The Morgan fingerprint density at radius 3 is 2.96 bits per heavy atom. The van der Waals surface area contributed by atoms with Crippen LogP contribution in [0.25, 0.3) is 0 Å². The summed E-state index contributed by atoms with van der Waals surface area (Å²) in [4.78, 5) is 17.2. The van der Waals surface area contributed by atoms with Gasteiger partial charge < -0.3 is 4.90 Å². The lowest BCUT2D eigenvalue weighted by Gasteiger charge is -2.32. The van der Waals surface area contributed by atoms with Crippen molar-refractivity contribution in [1.82, 2.24) is 14.7 Å². The maximum atomic E-state index is 12.9. The molecule has 2 aromatic rings. The normalized spacial score (nSPS) is 21.0. The highest BCUT2D eigenvalue weighted by atomic mass is 16.2. The molecule has 0 saturated carbocycles. The summed E-state index contributed by atoms with van der Waals surface area (Å²) in [6.07, 6.45) is 8.25. The van der Waals surface area contributed by atoms with E-state index in [-0.39, 0.29) is 5.91 Å². The van der Waals surface area contributed by atoms with E-state index in [1.54, 1.807) is 0 Å². The first kappa shape index (κ1) is 15.4. The van der Waals surface area contributed by atoms with Crippen molar-refractivity contribution in [3.05, 3.63) is 48.3 Å². The first-order valence-corrected chi connectivity index (χ1v) is 8.91. The van der Waals surface area contributed by atoms with Gasteiger partial charge in [-0.1, -0.05) is 18.2 Å². The van der Waals surface area contributed by atoms with Crippen LogP contribution in [0.4, 0.5) is 5.69 Å². The van der Waals surface area contributed by atoms with Gasteiger partial charge in [0, 0.05) is 30.7 Å². The van der Waals surface area contributed by atoms with Crippen molar-refractivity contribution < 1.29 is 4.79 Å². The summed E-state index contributed by atoms with van der Waals surface area (Å²) in [6.45, 7) is 3.23. The Labute approximate surface area is 142 Å². The molecule has 0 N–H and O–H groups in total. The fraction of sp³-hybridized carbons (Fsp3) is 0.474. The number of para-hydroxylation sites is 1. The summed E-state index contributed by atoms with van der Waals surface area (Å²) in [5, 5.41) is 4.31. The molecule has 1 aromatic carbocycles. The number of amides is 1. The number of hydrogen-bond donors (Lipinski definition) is 0. The van der Waals surface area contributed by atoms with E-state index in [9.17, 15) is 4.79 Å². The molecule has 0 unspecified atom stereocenters. The highest BCUT2D eigenvalue weighted by molar-refractivity contribution is 5.96. The molecular formula is C19H24N4O. The summed E-state index contributed by atoms with van der Waals surface area (Å²) >= 11 is 0. The summed E-state index contributed by atoms with van der Waals surface area (Å²) in [7, 11) is 0. The van der Waals surface area contributed by atoms with Crippen LogP contribution in [0.2, 0.25) is 0 Å². The summed E-state index contributed by atoms with van der Waals surface area (Å²) < 4.78 is 1.98. The first-order valence-electron chi connectivity index (χ1n) is 8.91. The Hall–Kier alpha value is -2.14. The maximum absolute atomic E-state index is 12.9. The van der Waals surface area contributed by atoms with Crippen LogP contribution in [-0.2, 0) is 17.8 Å². The minimum absolute atomic E-state index is 0.231. The van der Waals surface area contributed by atoms with Crippen molar-refractivity contribution in [3.8, 4) is 0 Å². The van der Waals surface area contributed by atoms with Gasteiger partial charge in [-0.05, 0) is 49.9 Å². The highest BCUT2D eigenvalue weighted by Crippen LogP contribution is 2.27. The number of carbonyl (C=O) groups excluding carboxylic acids is 1. The van der Waals surface area contributed by atoms with Gasteiger partial charge >= 0.3 is 0 Å². The lowest BCUT2D eigenvalue weighted by molar-refractivity contribution is -0.120. The number of anilines is 1. The zero-order chi connectivity index (χ0) is 16.4. The minimum atomic E-state index is 0.231. The lowest BCUT2D eigenvalue weighted by Crippen LogP contribution is -2.45. The smallest absolute Gasteiger partial charge is 0.241 e. The average Bonchev–Trinajstić information content (AvgIpc) is 3.27. The van der Waals surface area contributed by atoms with E-state index in [4.69, 9.17) is 0 Å². The first-order chi connectivity index (χ1) is 11.8. The van der Waals surface area contributed by atoms with Crippen LogP contribution in [0.3, 0.4) is 0 Å². The molecule has 2 aliphatic rings. The SMILES string of the molecule is O=C(CN1CCC[C@H]1Cn1cccn1)N1CCCc2ccccc21. The van der Waals surface area contributed by atoms with E-state index in [1.165, 1.54) is 5.56 Å². The van der Waals surface area contributed by atoms with E-state index < -0.39 is 0 Å². The molecule has 1 saturated heterocycles. The molecule has 126 valence electrons. The second-order valence-corrected chi connectivity index (χ2v) is 6.77. The van der Waals surface area contributed by atoms with Crippen LogP contribution in [0.15, 0.2) is 42.7 Å². The van der Waals surface area contributed by atoms with Gasteiger partial charge in [0.2, 0.25) is 5.91 Å². The Morgan fingerprint density at radius 1 is 1.17 bits per heavy atom. The van der Waals surface area contributed by atoms with Crippen molar-refractivity contribution in [1.29, 1.82) is 0 Å². The molecule has 0 bridgehead atoms. The predicted molar refractivity (Wildman–Crippen MR) is 93.9 cm³/mol. The summed E-state index contributed by atoms with van der Waals surface area (Å²) in [5.74, 6) is 0.231. The molecule has 1 fully saturated rings. The third-order valence-electron chi connectivity index (χ3n) is 5.21. The molecule has 1 aromatic heterocycles. The van der Waals surface area contributed by atoms with Gasteiger partial charge in [-0.15, -0.1) is 0 Å². The molecule has 2 aliphatic heterocycles. The van der Waals surface area contributed by atoms with Crippen molar-refractivity contribution in [2.45, 2.75) is 38.3 Å². The quantitative estimate of drug-likeness (QED) is 0.867. The zero-order valence-electron chi connectivity index (χ0n) is 14.0. The number of likely N-dealkylation sites (tertiary alicyclic amines) is 1. The Bertz CT molecular complexity index is 697. The molecule has 5 heteroatoms. The number of aryl methyl sites for hydroxylation is 1. The maximum Gasteiger partial charge on any atom is 0.241 e. The van der Waals surface area contributed by atoms with Crippen molar-refractivity contribution in [2.24, 2.45) is 0 Å². The van der Waals surface area contributed by atoms with Crippen LogP contribution < -0.4 is 4.90 Å². The van der Waals surface area contributed by atoms with Crippen LogP contribution >= 0.6 is 0 Å². The van der Waals surface area contributed by atoms with Crippen LogP contribution in [0, 0.1) is 0 Å². The van der Waals surface area contributed by atoms with Gasteiger partial charge in [0.25, 0.3) is 0 Å². The molecule has 4 rings (SSSR count). The third-order valence-corrected chi connectivity index (χ3v) is 5.21. The van der Waals surface area contributed by atoms with Crippen molar-refractivity contribution in [2.75, 3.05) is 24.5 Å². The molecule has 24 heavy (non-hydrogen) atoms. The fourth-order valence-corrected chi connectivity index (χ4v) is 3.99. The van der Waals surface area contributed by atoms with Gasteiger partial charge in [0.1, 0.15) is 0 Å². The number of hydrogen-bond acceptors (Lipinski definition) is 3. The number of fused-ring (bicyclic) bond motifs is 1. The summed E-state index contributed by atoms with van der Waals surface area (Å²) in [5.41, 5.74) is 2.41. The van der Waals surface area contributed by atoms with Crippen LogP contribution in [0.5, 0.6) is 0 Å². The second kappa shape index (κ2) is 6.77. The number of aromatic nitrogens is 2. The molecule has 3 heterocycles. The molecule has 0 radical (unpaired) electrons. The topological polar surface area (TPSA) is 41.4 Å². The number of carbonyl (C=O) groups is 1.